The van der Waals surface area contributed by atoms with Gasteiger partial charge in [0.2, 0.25) is 0 Å². The summed E-state index contributed by atoms with van der Waals surface area (Å²) in [6, 6.07) is 17.2. The Hall–Kier alpha value is -2.46. The number of nitrogens with zero attached hydrogens (tertiary/aromatic N) is 2. The molecular weight excluding hydrogens is 262 g/mol. The molecule has 0 radical (unpaired) electrons. The zero-order valence-electron chi connectivity index (χ0n) is 11.9. The van der Waals surface area contributed by atoms with Gasteiger partial charge < -0.3 is 5.73 Å². The Balaban J connectivity index is 1.91. The molecule has 106 valence electrons. The highest BCUT2D eigenvalue weighted by Crippen LogP contribution is 2.19. The van der Waals surface area contributed by atoms with Crippen LogP contribution in [0.15, 0.2) is 59.4 Å². The van der Waals surface area contributed by atoms with Crippen molar-refractivity contribution in [3.63, 3.8) is 0 Å². The van der Waals surface area contributed by atoms with Crippen molar-refractivity contribution < 1.29 is 0 Å². The number of aryl methyl sites for hydroxylation is 1. The third-order valence-electron chi connectivity index (χ3n) is 3.57. The summed E-state index contributed by atoms with van der Waals surface area (Å²) in [5.74, 6) is 0. The van der Waals surface area contributed by atoms with Crippen LogP contribution in [0, 0.1) is 6.92 Å². The Morgan fingerprint density at radius 2 is 1.86 bits per heavy atom. The van der Waals surface area contributed by atoms with Crippen LogP contribution in [0.3, 0.4) is 0 Å². The molecule has 0 saturated carbocycles. The van der Waals surface area contributed by atoms with Crippen LogP contribution in [0.25, 0.3) is 10.8 Å². The predicted octanol–water partition coefficient (Wildman–Crippen LogP) is 2.40. The molecule has 0 fully saturated rings. The largest absolute Gasteiger partial charge is 0.322 e. The molecule has 4 heteroatoms. The number of benzene rings is 2. The summed E-state index contributed by atoms with van der Waals surface area (Å²) in [7, 11) is 0. The van der Waals surface area contributed by atoms with Gasteiger partial charge in [0.1, 0.15) is 0 Å². The van der Waals surface area contributed by atoms with Gasteiger partial charge in [-0.05, 0) is 35.4 Å². The zero-order valence-corrected chi connectivity index (χ0v) is 11.9. The molecule has 1 aromatic heterocycles. The molecule has 4 nitrogen and oxygen atoms in total. The van der Waals surface area contributed by atoms with Crippen molar-refractivity contribution in [2.45, 2.75) is 19.5 Å². The van der Waals surface area contributed by atoms with Gasteiger partial charge in [-0.3, -0.25) is 4.79 Å². The van der Waals surface area contributed by atoms with Gasteiger partial charge in [0.15, 0.2) is 0 Å². The van der Waals surface area contributed by atoms with Crippen LogP contribution in [0.5, 0.6) is 0 Å². The molecule has 0 aliphatic carbocycles. The minimum atomic E-state index is -0.262. The lowest BCUT2D eigenvalue weighted by Crippen LogP contribution is -2.28. The number of nitrogens with two attached hydrogens (primary N) is 1. The summed E-state index contributed by atoms with van der Waals surface area (Å²) in [5, 5.41) is 6.55. The molecule has 1 unspecified atom stereocenters. The van der Waals surface area contributed by atoms with Gasteiger partial charge in [-0.1, -0.05) is 36.4 Å². The van der Waals surface area contributed by atoms with Crippen LogP contribution in [0.1, 0.15) is 17.3 Å². The summed E-state index contributed by atoms with van der Waals surface area (Å²) < 4.78 is 1.43. The quantitative estimate of drug-likeness (QED) is 0.801. The first kappa shape index (κ1) is 13.5. The maximum Gasteiger partial charge on any atom is 0.266 e. The van der Waals surface area contributed by atoms with Crippen molar-refractivity contribution in [1.82, 2.24) is 9.78 Å². The summed E-state index contributed by atoms with van der Waals surface area (Å²) in [6.45, 7) is 2.23. The predicted molar refractivity (Wildman–Crippen MR) is 84.1 cm³/mol. The molecule has 1 heterocycles. The molecule has 0 amide bonds. The van der Waals surface area contributed by atoms with E-state index in [2.05, 4.69) is 29.4 Å². The first-order chi connectivity index (χ1) is 10.1. The minimum Gasteiger partial charge on any atom is -0.322 e. The van der Waals surface area contributed by atoms with Crippen molar-refractivity contribution in [2.75, 3.05) is 0 Å². The van der Waals surface area contributed by atoms with Crippen molar-refractivity contribution in [3.8, 4) is 0 Å². The Morgan fingerprint density at radius 3 is 2.67 bits per heavy atom. The second-order valence-electron chi connectivity index (χ2n) is 5.21. The highest BCUT2D eigenvalue weighted by molar-refractivity contribution is 5.83. The molecule has 0 aliphatic rings. The Labute approximate surface area is 122 Å². The van der Waals surface area contributed by atoms with Crippen LogP contribution in [-0.2, 0) is 6.54 Å². The third kappa shape index (κ3) is 2.85. The number of fused-ring (bicyclic) bond motifs is 1. The Morgan fingerprint density at radius 1 is 1.10 bits per heavy atom. The van der Waals surface area contributed by atoms with E-state index in [1.165, 1.54) is 16.1 Å². The molecule has 2 aromatic carbocycles. The number of hydrogen-bond acceptors (Lipinski definition) is 3. The van der Waals surface area contributed by atoms with E-state index in [-0.39, 0.29) is 11.6 Å². The first-order valence-corrected chi connectivity index (χ1v) is 6.92. The van der Waals surface area contributed by atoms with Crippen LogP contribution in [0.2, 0.25) is 0 Å². The number of rotatable bonds is 3. The maximum absolute atomic E-state index is 11.8. The van der Waals surface area contributed by atoms with E-state index >= 15 is 0 Å². The Kier molecular flexibility index (Phi) is 3.54. The van der Waals surface area contributed by atoms with E-state index < -0.39 is 0 Å². The fourth-order valence-electron chi connectivity index (χ4n) is 2.41. The SMILES string of the molecule is Cc1ccc(=O)n(CC(N)c2ccc3ccccc3c2)n1. The van der Waals surface area contributed by atoms with E-state index in [1.807, 2.05) is 25.1 Å². The van der Waals surface area contributed by atoms with Crippen LogP contribution >= 0.6 is 0 Å². The van der Waals surface area contributed by atoms with Crippen LogP contribution in [-0.4, -0.2) is 9.78 Å². The van der Waals surface area contributed by atoms with Gasteiger partial charge in [0.05, 0.1) is 12.2 Å². The molecule has 3 aromatic rings. The molecule has 0 spiro atoms. The van der Waals surface area contributed by atoms with E-state index in [9.17, 15) is 4.79 Å². The Bertz CT molecular complexity index is 839. The van der Waals surface area contributed by atoms with Crippen molar-refractivity contribution >= 4 is 10.8 Å². The summed E-state index contributed by atoms with van der Waals surface area (Å²) in [5.41, 5.74) is 7.92. The second kappa shape index (κ2) is 5.50. The summed E-state index contributed by atoms with van der Waals surface area (Å²) >= 11 is 0. The van der Waals surface area contributed by atoms with Crippen LogP contribution < -0.4 is 11.3 Å². The second-order valence-corrected chi connectivity index (χ2v) is 5.21. The molecule has 2 N–H and O–H groups in total. The van der Waals surface area contributed by atoms with Gasteiger partial charge in [-0.2, -0.15) is 5.10 Å². The molecular formula is C17H17N3O. The monoisotopic (exact) mass is 279 g/mol. The molecule has 21 heavy (non-hydrogen) atoms. The topological polar surface area (TPSA) is 60.9 Å². The normalized spacial score (nSPS) is 12.5. The van der Waals surface area contributed by atoms with Crippen molar-refractivity contribution in [2.24, 2.45) is 5.73 Å². The molecule has 0 aliphatic heterocycles. The zero-order chi connectivity index (χ0) is 14.8. The van der Waals surface area contributed by atoms with Gasteiger partial charge in [0, 0.05) is 12.1 Å². The van der Waals surface area contributed by atoms with Gasteiger partial charge >= 0.3 is 0 Å². The van der Waals surface area contributed by atoms with E-state index in [4.69, 9.17) is 5.73 Å². The van der Waals surface area contributed by atoms with E-state index in [1.54, 1.807) is 6.07 Å². The average molecular weight is 279 g/mol. The third-order valence-corrected chi connectivity index (χ3v) is 3.57. The fourth-order valence-corrected chi connectivity index (χ4v) is 2.41. The van der Waals surface area contributed by atoms with E-state index in [0.717, 1.165) is 16.6 Å². The standard InChI is InChI=1S/C17H17N3O/c1-12-6-9-17(21)20(19-12)11-16(18)15-8-7-13-4-2-3-5-14(13)10-15/h2-10,16H,11,18H2,1H3. The van der Waals surface area contributed by atoms with Crippen molar-refractivity contribution in [3.05, 3.63) is 76.2 Å². The summed E-state index contributed by atoms with van der Waals surface area (Å²) in [6.07, 6.45) is 0. The lowest BCUT2D eigenvalue weighted by Gasteiger charge is -2.14. The van der Waals surface area contributed by atoms with Crippen LogP contribution in [0.4, 0.5) is 0 Å². The van der Waals surface area contributed by atoms with Gasteiger partial charge in [-0.25, -0.2) is 4.68 Å². The highest BCUT2D eigenvalue weighted by Gasteiger charge is 2.09. The molecule has 3 rings (SSSR count). The fraction of sp³-hybridized carbons (Fsp3) is 0.176. The van der Waals surface area contributed by atoms with E-state index in [0.29, 0.717) is 6.54 Å². The van der Waals surface area contributed by atoms with Gasteiger partial charge in [-0.15, -0.1) is 0 Å². The van der Waals surface area contributed by atoms with Gasteiger partial charge in [0.25, 0.3) is 5.56 Å². The van der Waals surface area contributed by atoms with Crippen molar-refractivity contribution in [1.29, 1.82) is 0 Å². The lowest BCUT2D eigenvalue weighted by molar-refractivity contribution is 0.499. The molecule has 0 saturated heterocycles. The molecule has 0 bridgehead atoms. The number of hydrogen-bond donors (Lipinski definition) is 1. The molecule has 1 atom stereocenters. The summed E-state index contributed by atoms with van der Waals surface area (Å²) in [4.78, 5) is 11.8. The lowest BCUT2D eigenvalue weighted by atomic mass is 10.0. The first-order valence-electron chi connectivity index (χ1n) is 6.92. The smallest absolute Gasteiger partial charge is 0.266 e. The maximum atomic E-state index is 11.8. The highest BCUT2D eigenvalue weighted by atomic mass is 16.1. The average Bonchev–Trinajstić information content (AvgIpc) is 2.50. The number of aromatic nitrogens is 2. The minimum absolute atomic E-state index is 0.128.